The fourth-order valence-corrected chi connectivity index (χ4v) is 4.75. The summed E-state index contributed by atoms with van der Waals surface area (Å²) in [5, 5.41) is 12.3. The van der Waals surface area contributed by atoms with E-state index in [0.29, 0.717) is 16.8 Å². The number of hydrogen-bond acceptors (Lipinski definition) is 4. The average molecular weight is 509 g/mol. The van der Waals surface area contributed by atoms with E-state index in [0.717, 1.165) is 42.8 Å². The Morgan fingerprint density at radius 1 is 0.946 bits per heavy atom. The number of likely N-dealkylation sites (tertiary alicyclic amines) is 1. The van der Waals surface area contributed by atoms with Crippen LogP contribution in [0, 0.1) is 0 Å². The molecule has 3 aromatic carbocycles. The molecular weight excluding hydrogens is 481 g/mol. The van der Waals surface area contributed by atoms with Gasteiger partial charge in [-0.2, -0.15) is 13.2 Å². The minimum atomic E-state index is -4.56. The van der Waals surface area contributed by atoms with E-state index in [4.69, 9.17) is 0 Å². The number of nitrogens with one attached hydrogen (secondary N) is 1. The molecule has 2 heterocycles. The second kappa shape index (κ2) is 10.4. The molecule has 1 fully saturated rings. The number of imidazole rings is 1. The first-order valence-corrected chi connectivity index (χ1v) is 12.2. The molecular formula is C28H27F3N4O2. The van der Waals surface area contributed by atoms with E-state index in [1.807, 2.05) is 24.3 Å². The van der Waals surface area contributed by atoms with E-state index in [1.165, 1.54) is 31.4 Å². The van der Waals surface area contributed by atoms with Gasteiger partial charge in [-0.05, 0) is 79.5 Å². The molecule has 2 N–H and O–H groups in total. The molecule has 4 aromatic rings. The Morgan fingerprint density at radius 2 is 1.73 bits per heavy atom. The number of carbonyl (C=O) groups is 1. The highest BCUT2D eigenvalue weighted by Crippen LogP contribution is 2.31. The molecule has 6 nitrogen and oxygen atoms in total. The molecule has 0 saturated carbocycles. The van der Waals surface area contributed by atoms with Crippen LogP contribution in [0.2, 0.25) is 0 Å². The lowest BCUT2D eigenvalue weighted by atomic mass is 10.1. The topological polar surface area (TPSA) is 70.4 Å². The van der Waals surface area contributed by atoms with Gasteiger partial charge in [-0.25, -0.2) is 4.98 Å². The van der Waals surface area contributed by atoms with Crippen molar-refractivity contribution >= 4 is 22.9 Å². The third kappa shape index (κ3) is 5.52. The van der Waals surface area contributed by atoms with Gasteiger partial charge >= 0.3 is 6.18 Å². The fourth-order valence-electron chi connectivity index (χ4n) is 4.75. The Hall–Kier alpha value is -3.69. The summed E-state index contributed by atoms with van der Waals surface area (Å²) in [6.45, 7) is 2.75. The summed E-state index contributed by atoms with van der Waals surface area (Å²) in [7, 11) is 0. The Morgan fingerprint density at radius 3 is 2.49 bits per heavy atom. The number of fused-ring (bicyclic) bond motifs is 1. The number of amides is 1. The number of rotatable bonds is 6. The first kappa shape index (κ1) is 25.0. The number of halogens is 3. The normalized spacial score (nSPS) is 14.7. The molecule has 1 aromatic heterocycles. The standard InChI is InChI=1S/C28H27F3N4O2/c29-28(30,31)22-8-5-7-21(16-22)26(37)33-27-32-24-15-19(17-34-12-2-1-3-13-34)10-11-25(24)35(27)23-9-4-6-20(14-23)18-36/h4-11,14-16,36H,1-3,12-13,17-18H2,(H,32,33,37). The highest BCUT2D eigenvalue weighted by Gasteiger charge is 2.31. The molecule has 0 radical (unpaired) electrons. The maximum absolute atomic E-state index is 13.2. The molecule has 192 valence electrons. The van der Waals surface area contributed by atoms with Crippen molar-refractivity contribution in [1.29, 1.82) is 0 Å². The lowest BCUT2D eigenvalue weighted by molar-refractivity contribution is -0.137. The molecule has 9 heteroatoms. The number of carbonyl (C=O) groups excluding carboxylic acids is 1. The number of aliphatic hydroxyl groups excluding tert-OH is 1. The van der Waals surface area contributed by atoms with Crippen LogP contribution in [0.1, 0.15) is 46.3 Å². The molecule has 1 amide bonds. The quantitative estimate of drug-likeness (QED) is 0.347. The Balaban J connectivity index is 1.53. The van der Waals surface area contributed by atoms with Crippen molar-refractivity contribution in [3.8, 4) is 5.69 Å². The highest BCUT2D eigenvalue weighted by molar-refractivity contribution is 6.04. The summed E-state index contributed by atoms with van der Waals surface area (Å²) >= 11 is 0. The van der Waals surface area contributed by atoms with E-state index in [9.17, 15) is 23.1 Å². The van der Waals surface area contributed by atoms with Crippen molar-refractivity contribution < 1.29 is 23.1 Å². The second-order valence-corrected chi connectivity index (χ2v) is 9.29. The number of hydrogen-bond donors (Lipinski definition) is 2. The summed E-state index contributed by atoms with van der Waals surface area (Å²) in [6, 6.07) is 17.4. The molecule has 0 unspecified atom stereocenters. The van der Waals surface area contributed by atoms with Gasteiger partial charge in [0.15, 0.2) is 0 Å². The SMILES string of the molecule is O=C(Nc1nc2cc(CN3CCCCC3)ccc2n1-c1cccc(CO)c1)c1cccc(C(F)(F)F)c1. The van der Waals surface area contributed by atoms with Crippen molar-refractivity contribution in [2.75, 3.05) is 18.4 Å². The number of anilines is 1. The van der Waals surface area contributed by atoms with Crippen LogP contribution < -0.4 is 5.32 Å². The molecule has 1 saturated heterocycles. The van der Waals surface area contributed by atoms with Gasteiger partial charge in [-0.15, -0.1) is 0 Å². The number of piperidine rings is 1. The smallest absolute Gasteiger partial charge is 0.392 e. The zero-order chi connectivity index (χ0) is 26.0. The van der Waals surface area contributed by atoms with Crippen LogP contribution in [-0.4, -0.2) is 38.6 Å². The predicted molar refractivity (Wildman–Crippen MR) is 136 cm³/mol. The molecule has 0 atom stereocenters. The first-order chi connectivity index (χ1) is 17.8. The summed E-state index contributed by atoms with van der Waals surface area (Å²) in [5.74, 6) is -0.517. The summed E-state index contributed by atoms with van der Waals surface area (Å²) < 4.78 is 41.3. The Labute approximate surface area is 212 Å². The molecule has 0 aliphatic carbocycles. The van der Waals surface area contributed by atoms with Gasteiger partial charge in [0.25, 0.3) is 5.91 Å². The molecule has 5 rings (SSSR count). The van der Waals surface area contributed by atoms with E-state index >= 15 is 0 Å². The van der Waals surface area contributed by atoms with Gasteiger partial charge in [-0.3, -0.25) is 19.6 Å². The number of nitrogens with zero attached hydrogens (tertiary/aromatic N) is 3. The maximum Gasteiger partial charge on any atom is 0.416 e. The number of alkyl halides is 3. The van der Waals surface area contributed by atoms with E-state index in [1.54, 1.807) is 22.8 Å². The van der Waals surface area contributed by atoms with Crippen LogP contribution in [0.5, 0.6) is 0 Å². The lowest BCUT2D eigenvalue weighted by Crippen LogP contribution is -2.29. The van der Waals surface area contributed by atoms with Crippen molar-refractivity contribution in [3.63, 3.8) is 0 Å². The van der Waals surface area contributed by atoms with Crippen molar-refractivity contribution in [2.45, 2.75) is 38.6 Å². The monoisotopic (exact) mass is 508 g/mol. The van der Waals surface area contributed by atoms with Gasteiger partial charge in [0, 0.05) is 17.8 Å². The summed E-state index contributed by atoms with van der Waals surface area (Å²) in [5.41, 5.74) is 2.81. The average Bonchev–Trinajstić information content (AvgIpc) is 3.25. The maximum atomic E-state index is 13.2. The van der Waals surface area contributed by atoms with Crippen molar-refractivity contribution in [1.82, 2.24) is 14.5 Å². The first-order valence-electron chi connectivity index (χ1n) is 12.2. The van der Waals surface area contributed by atoms with Gasteiger partial charge < -0.3 is 5.11 Å². The number of benzene rings is 3. The third-order valence-electron chi connectivity index (χ3n) is 6.60. The summed E-state index contributed by atoms with van der Waals surface area (Å²) in [4.78, 5) is 20.1. The van der Waals surface area contributed by atoms with Crippen LogP contribution >= 0.6 is 0 Å². The van der Waals surface area contributed by atoms with Gasteiger partial charge in [0.2, 0.25) is 5.95 Å². The van der Waals surface area contributed by atoms with E-state index in [-0.39, 0.29) is 18.1 Å². The molecule has 37 heavy (non-hydrogen) atoms. The van der Waals surface area contributed by atoms with Crippen LogP contribution in [-0.2, 0) is 19.3 Å². The molecule has 0 spiro atoms. The Kier molecular flexibility index (Phi) is 6.99. The van der Waals surface area contributed by atoms with Crippen molar-refractivity contribution in [2.24, 2.45) is 0 Å². The zero-order valence-electron chi connectivity index (χ0n) is 20.1. The zero-order valence-corrected chi connectivity index (χ0v) is 20.1. The largest absolute Gasteiger partial charge is 0.416 e. The van der Waals surface area contributed by atoms with Crippen molar-refractivity contribution in [3.05, 3.63) is 89.0 Å². The summed E-state index contributed by atoms with van der Waals surface area (Å²) in [6.07, 6.45) is -0.936. The van der Waals surface area contributed by atoms with Crippen LogP contribution in [0.3, 0.4) is 0 Å². The fraction of sp³-hybridized carbons (Fsp3) is 0.286. The second-order valence-electron chi connectivity index (χ2n) is 9.29. The molecule has 1 aliphatic rings. The van der Waals surface area contributed by atoms with Gasteiger partial charge in [0.05, 0.1) is 23.2 Å². The van der Waals surface area contributed by atoms with Gasteiger partial charge in [0.1, 0.15) is 0 Å². The van der Waals surface area contributed by atoms with Crippen LogP contribution in [0.25, 0.3) is 16.7 Å². The highest BCUT2D eigenvalue weighted by atomic mass is 19.4. The number of aromatic nitrogens is 2. The van der Waals surface area contributed by atoms with Crippen LogP contribution in [0.4, 0.5) is 19.1 Å². The number of aliphatic hydroxyl groups is 1. The van der Waals surface area contributed by atoms with E-state index < -0.39 is 17.6 Å². The predicted octanol–water partition coefficient (Wildman–Crippen LogP) is 5.77. The molecule has 1 aliphatic heterocycles. The van der Waals surface area contributed by atoms with Gasteiger partial charge in [-0.1, -0.05) is 30.7 Å². The Bertz CT molecular complexity index is 1420. The molecule has 0 bridgehead atoms. The minimum Gasteiger partial charge on any atom is -0.392 e. The third-order valence-corrected chi connectivity index (χ3v) is 6.60. The van der Waals surface area contributed by atoms with Crippen LogP contribution in [0.15, 0.2) is 66.7 Å². The minimum absolute atomic E-state index is 0.122. The lowest BCUT2D eigenvalue weighted by Gasteiger charge is -2.26. The van der Waals surface area contributed by atoms with E-state index in [2.05, 4.69) is 15.2 Å².